The number of para-hydroxylation sites is 1. The van der Waals surface area contributed by atoms with Crippen LogP contribution in [0.4, 0.5) is 5.69 Å². The van der Waals surface area contributed by atoms with Gasteiger partial charge in [-0.1, -0.05) is 42.2 Å². The van der Waals surface area contributed by atoms with Crippen molar-refractivity contribution in [2.75, 3.05) is 11.1 Å². The molecule has 0 atom stereocenters. The Morgan fingerprint density at radius 2 is 2.06 bits per heavy atom. The quantitative estimate of drug-likeness (QED) is 0.625. The van der Waals surface area contributed by atoms with Gasteiger partial charge in [0.15, 0.2) is 0 Å². The Kier molecular flexibility index (Phi) is 5.88. The molecular formula is C11H13NO2S2. The molecule has 0 heterocycles. The standard InChI is InChI=1S/C11H13NO2S2/c13-10(14)7-4-8-16-11(15)12-9-5-2-1-3-6-9/h1-3,5-6H,4,7-8H2,(H,12,15)(H,13,14). The summed E-state index contributed by atoms with van der Waals surface area (Å²) in [4.78, 5) is 10.3. The number of aliphatic carboxylic acids is 1. The number of hydrogen-bond acceptors (Lipinski definition) is 3. The first-order valence-corrected chi connectivity index (χ1v) is 6.28. The fourth-order valence-electron chi connectivity index (χ4n) is 1.06. The third-order valence-electron chi connectivity index (χ3n) is 1.79. The van der Waals surface area contributed by atoms with E-state index in [2.05, 4.69) is 5.32 Å². The SMILES string of the molecule is O=C(O)CCCSC(=S)Nc1ccccc1. The number of carboxylic acids is 1. The summed E-state index contributed by atoms with van der Waals surface area (Å²) in [5.41, 5.74) is 0.957. The molecule has 0 aliphatic rings. The fraction of sp³-hybridized carbons (Fsp3) is 0.273. The van der Waals surface area contributed by atoms with Crippen molar-refractivity contribution in [3.63, 3.8) is 0 Å². The Balaban J connectivity index is 2.19. The van der Waals surface area contributed by atoms with Crippen LogP contribution in [-0.2, 0) is 4.79 Å². The third kappa shape index (κ3) is 5.72. The van der Waals surface area contributed by atoms with Gasteiger partial charge in [0.05, 0.1) is 0 Å². The zero-order chi connectivity index (χ0) is 11.8. The van der Waals surface area contributed by atoms with E-state index < -0.39 is 5.97 Å². The summed E-state index contributed by atoms with van der Waals surface area (Å²) < 4.78 is 0.677. The van der Waals surface area contributed by atoms with Crippen LogP contribution in [0.25, 0.3) is 0 Å². The summed E-state index contributed by atoms with van der Waals surface area (Å²) in [5, 5.41) is 11.5. The number of thioether (sulfide) groups is 1. The van der Waals surface area contributed by atoms with Crippen LogP contribution in [-0.4, -0.2) is 21.1 Å². The van der Waals surface area contributed by atoms with Gasteiger partial charge < -0.3 is 10.4 Å². The van der Waals surface area contributed by atoms with Crippen molar-refractivity contribution in [2.24, 2.45) is 0 Å². The highest BCUT2D eigenvalue weighted by atomic mass is 32.2. The molecular weight excluding hydrogens is 242 g/mol. The number of rotatable bonds is 5. The number of carbonyl (C=O) groups is 1. The van der Waals surface area contributed by atoms with Crippen LogP contribution in [0.15, 0.2) is 30.3 Å². The maximum atomic E-state index is 10.3. The Hall–Kier alpha value is -1.07. The van der Waals surface area contributed by atoms with Crippen LogP contribution < -0.4 is 5.32 Å². The second kappa shape index (κ2) is 7.24. The lowest BCUT2D eigenvalue weighted by atomic mass is 10.3. The lowest BCUT2D eigenvalue weighted by Crippen LogP contribution is -2.05. The normalized spacial score (nSPS) is 9.75. The van der Waals surface area contributed by atoms with E-state index in [4.69, 9.17) is 17.3 Å². The van der Waals surface area contributed by atoms with Crippen LogP contribution in [0, 0.1) is 0 Å². The molecule has 0 aliphatic heterocycles. The second-order valence-corrected chi connectivity index (χ2v) is 4.90. The van der Waals surface area contributed by atoms with E-state index in [1.165, 1.54) is 11.8 Å². The number of nitrogens with one attached hydrogen (secondary N) is 1. The molecule has 0 saturated heterocycles. The van der Waals surface area contributed by atoms with Gasteiger partial charge in [-0.15, -0.1) is 0 Å². The minimum atomic E-state index is -0.762. The smallest absolute Gasteiger partial charge is 0.303 e. The molecule has 1 aromatic rings. The van der Waals surface area contributed by atoms with Crippen LogP contribution in [0.5, 0.6) is 0 Å². The largest absolute Gasteiger partial charge is 0.481 e. The van der Waals surface area contributed by atoms with Crippen molar-refractivity contribution in [1.29, 1.82) is 0 Å². The van der Waals surface area contributed by atoms with Crippen molar-refractivity contribution in [1.82, 2.24) is 0 Å². The third-order valence-corrected chi connectivity index (χ3v) is 3.10. The molecule has 0 radical (unpaired) electrons. The number of thiocarbonyl (C=S) groups is 1. The van der Waals surface area contributed by atoms with Gasteiger partial charge in [0.1, 0.15) is 4.32 Å². The fourth-order valence-corrected chi connectivity index (χ4v) is 2.10. The number of benzene rings is 1. The molecule has 1 aromatic carbocycles. The topological polar surface area (TPSA) is 49.3 Å². The molecule has 0 spiro atoms. The Morgan fingerprint density at radius 3 is 2.69 bits per heavy atom. The van der Waals surface area contributed by atoms with Crippen LogP contribution >= 0.6 is 24.0 Å². The van der Waals surface area contributed by atoms with Gasteiger partial charge in [0, 0.05) is 17.9 Å². The first-order chi connectivity index (χ1) is 7.68. The molecule has 16 heavy (non-hydrogen) atoms. The van der Waals surface area contributed by atoms with E-state index in [0.29, 0.717) is 10.7 Å². The summed E-state index contributed by atoms with van der Waals surface area (Å²) in [6.45, 7) is 0. The average Bonchev–Trinajstić information content (AvgIpc) is 2.25. The second-order valence-electron chi connectivity index (χ2n) is 3.12. The van der Waals surface area contributed by atoms with Gasteiger partial charge in [-0.2, -0.15) is 0 Å². The maximum absolute atomic E-state index is 10.3. The Morgan fingerprint density at radius 1 is 1.38 bits per heavy atom. The highest BCUT2D eigenvalue weighted by Gasteiger charge is 2.00. The van der Waals surface area contributed by atoms with Crippen molar-refractivity contribution in [2.45, 2.75) is 12.8 Å². The van der Waals surface area contributed by atoms with E-state index in [-0.39, 0.29) is 6.42 Å². The van der Waals surface area contributed by atoms with E-state index in [0.717, 1.165) is 11.4 Å². The molecule has 0 bridgehead atoms. The molecule has 0 amide bonds. The van der Waals surface area contributed by atoms with Crippen LogP contribution in [0.2, 0.25) is 0 Å². The summed E-state index contributed by atoms with van der Waals surface area (Å²) in [6.07, 6.45) is 0.831. The van der Waals surface area contributed by atoms with E-state index in [1.807, 2.05) is 30.3 Å². The molecule has 0 saturated carbocycles. The van der Waals surface area contributed by atoms with Gasteiger partial charge in [-0.25, -0.2) is 0 Å². The Labute approximate surface area is 104 Å². The zero-order valence-corrected chi connectivity index (χ0v) is 10.3. The number of carboxylic acid groups (broad SMARTS) is 1. The average molecular weight is 255 g/mol. The zero-order valence-electron chi connectivity index (χ0n) is 8.68. The lowest BCUT2D eigenvalue weighted by Gasteiger charge is -2.06. The molecule has 5 heteroatoms. The van der Waals surface area contributed by atoms with Crippen molar-refractivity contribution in [3.05, 3.63) is 30.3 Å². The molecule has 3 nitrogen and oxygen atoms in total. The predicted molar refractivity (Wildman–Crippen MR) is 72.0 cm³/mol. The van der Waals surface area contributed by atoms with Gasteiger partial charge in [0.2, 0.25) is 0 Å². The highest BCUT2D eigenvalue weighted by molar-refractivity contribution is 8.23. The highest BCUT2D eigenvalue weighted by Crippen LogP contribution is 2.12. The molecule has 0 unspecified atom stereocenters. The summed E-state index contributed by atoms with van der Waals surface area (Å²) in [6, 6.07) is 9.67. The number of hydrogen-bond donors (Lipinski definition) is 2. The van der Waals surface area contributed by atoms with Crippen LogP contribution in [0.1, 0.15) is 12.8 Å². The molecule has 1 rings (SSSR count). The van der Waals surface area contributed by atoms with E-state index >= 15 is 0 Å². The molecule has 86 valence electrons. The van der Waals surface area contributed by atoms with Crippen LogP contribution in [0.3, 0.4) is 0 Å². The predicted octanol–water partition coefficient (Wildman–Crippen LogP) is 2.98. The molecule has 0 aromatic heterocycles. The van der Waals surface area contributed by atoms with E-state index in [9.17, 15) is 4.79 Å². The van der Waals surface area contributed by atoms with Crippen molar-refractivity contribution < 1.29 is 9.90 Å². The minimum Gasteiger partial charge on any atom is -0.481 e. The lowest BCUT2D eigenvalue weighted by molar-refractivity contribution is -0.137. The van der Waals surface area contributed by atoms with Crippen molar-refractivity contribution >= 4 is 40.0 Å². The summed E-state index contributed by atoms with van der Waals surface area (Å²) in [5.74, 6) is -0.0344. The monoisotopic (exact) mass is 255 g/mol. The first kappa shape index (κ1) is 13.0. The van der Waals surface area contributed by atoms with Gasteiger partial charge in [0.25, 0.3) is 0 Å². The van der Waals surface area contributed by atoms with Crippen molar-refractivity contribution in [3.8, 4) is 0 Å². The first-order valence-electron chi connectivity index (χ1n) is 4.89. The molecule has 2 N–H and O–H groups in total. The Bertz CT molecular complexity index is 354. The molecule has 0 aliphatic carbocycles. The van der Waals surface area contributed by atoms with E-state index in [1.54, 1.807) is 0 Å². The van der Waals surface area contributed by atoms with Gasteiger partial charge in [-0.3, -0.25) is 4.79 Å². The summed E-state index contributed by atoms with van der Waals surface area (Å²) >= 11 is 6.59. The minimum absolute atomic E-state index is 0.195. The number of anilines is 1. The maximum Gasteiger partial charge on any atom is 0.303 e. The summed E-state index contributed by atoms with van der Waals surface area (Å²) in [7, 11) is 0. The van der Waals surface area contributed by atoms with Gasteiger partial charge in [-0.05, 0) is 18.6 Å². The molecule has 0 fully saturated rings. The van der Waals surface area contributed by atoms with Gasteiger partial charge >= 0.3 is 5.97 Å².